The van der Waals surface area contributed by atoms with E-state index in [0.29, 0.717) is 149 Å². The standard InChI is InChI=1S/C11H22N2O3.2C11H22N2O2.C11H16N2O2.C11H24N2O2.C10H20N2O2.C10H22N2O2.C9H20N2O2.C8H18N2O2/c1-10(2)16-6-3-12-11(14)9-13-4-7-15-8-5-13;1-9(2)15-8-6-12-11(14)10-5-4-7-13(10)3;1-10(2)15-8-5-12-11(14)9-13-6-3-4-7-13;1-8(2)7-13-11(15)6-9-10(14)4-3-5-12-9;1-5-13(6-2)9-11(14)12-7-8-15-10(3)4;1-8(2)14-7-6-12-10(13)9-4-3-5-11-9;1-9(2)14-8-6-11-10(13)5-7-12(3)4;1-7(2)13-6-5-11-9(12)8(3)10-4;1-6(2)12-5-4-10-8(11)7(3)9/h10H,3-9H2,1-2H3,(H,12,14);9-10H,4-8H2,1-3H3,(H,12,14);10H,3-9H2,1-2H3,(H,12,14);3-5,8,14H,6-7H2,1-2H3,(H,13,15);10H,5-9H2,1-4H3,(H,12,14);8-9,11H,3-7H2,1-2H3,(H,12,13);9H,5-8H2,1-4H3,(H,11,13);7-8,10H,5-6H2,1-4H3,(H,11,12);6-7H,4-5,9H2,1-3H3,(H,10,11)/t;;;;;;;8-;7-/m.......00/s1. The largest absolute Gasteiger partial charge is 0.506 e. The predicted molar refractivity (Wildman–Crippen MR) is 513 cm³/mol. The summed E-state index contributed by atoms with van der Waals surface area (Å²) in [6, 6.07) is 2.67. The number of carbonyl (C=O) groups is 9. The Bertz CT molecular complexity index is 2880. The van der Waals surface area contributed by atoms with Gasteiger partial charge in [-0.1, -0.05) is 27.7 Å². The van der Waals surface area contributed by atoms with Crippen LogP contribution in [-0.2, 0) is 92.2 Å². The Morgan fingerprint density at radius 1 is 0.496 bits per heavy atom. The Labute approximate surface area is 778 Å². The number of carbonyl (C=O) groups excluding carboxylic acids is 9. The normalized spacial score (nSPS) is 15.3. The first-order chi connectivity index (χ1) is 61.0. The summed E-state index contributed by atoms with van der Waals surface area (Å²) < 4.78 is 47.7. The van der Waals surface area contributed by atoms with E-state index in [0.717, 1.165) is 97.8 Å². The molecule has 4 atom stereocenters. The maximum absolute atomic E-state index is 11.7. The van der Waals surface area contributed by atoms with Crippen molar-refractivity contribution in [2.24, 2.45) is 11.7 Å². The Morgan fingerprint density at radius 3 is 1.26 bits per heavy atom. The summed E-state index contributed by atoms with van der Waals surface area (Å²) in [5, 5.41) is 40.7. The third kappa shape index (κ3) is 87.9. The minimum Gasteiger partial charge on any atom is -0.506 e. The quantitative estimate of drug-likeness (QED) is 0.0412. The van der Waals surface area contributed by atoms with Gasteiger partial charge >= 0.3 is 0 Å². The summed E-state index contributed by atoms with van der Waals surface area (Å²) >= 11 is 0. The number of nitrogens with zero attached hydrogens (tertiary/aromatic N) is 6. The molecule has 0 saturated carbocycles. The van der Waals surface area contributed by atoms with Crippen molar-refractivity contribution < 1.29 is 90.9 Å². The van der Waals surface area contributed by atoms with Crippen LogP contribution in [0.5, 0.6) is 5.75 Å². The molecule has 4 aliphatic rings. The zero-order valence-corrected chi connectivity index (χ0v) is 84.9. The molecule has 0 spiro atoms. The van der Waals surface area contributed by atoms with E-state index < -0.39 is 6.04 Å². The molecule has 1 aromatic rings. The molecular formula is C92H186N18O19. The molecule has 37 nitrogen and oxygen atoms in total. The topological polar surface area (TPSA) is 444 Å². The van der Waals surface area contributed by atoms with Crippen molar-refractivity contribution in [1.29, 1.82) is 0 Å². The van der Waals surface area contributed by atoms with Crippen LogP contribution in [0.3, 0.4) is 0 Å². The van der Waals surface area contributed by atoms with Crippen LogP contribution in [-0.4, -0.2) is 392 Å². The van der Waals surface area contributed by atoms with Crippen LogP contribution < -0.4 is 64.2 Å². The predicted octanol–water partition coefficient (Wildman–Crippen LogP) is 3.85. The number of pyridine rings is 1. The fourth-order valence-electron chi connectivity index (χ4n) is 11.1. The van der Waals surface area contributed by atoms with Crippen molar-refractivity contribution in [3.63, 3.8) is 0 Å². The molecule has 129 heavy (non-hydrogen) atoms. The number of hydrogen-bond acceptors (Lipinski definition) is 28. The molecule has 14 N–H and O–H groups in total. The van der Waals surface area contributed by atoms with Crippen molar-refractivity contribution in [3.8, 4) is 5.75 Å². The Morgan fingerprint density at radius 2 is 0.891 bits per heavy atom. The minimum atomic E-state index is -0.441. The van der Waals surface area contributed by atoms with Crippen molar-refractivity contribution >= 4 is 53.2 Å². The molecule has 2 unspecified atom stereocenters. The van der Waals surface area contributed by atoms with E-state index in [4.69, 9.17) is 48.4 Å². The lowest BCUT2D eigenvalue weighted by Gasteiger charge is -2.25. The van der Waals surface area contributed by atoms with Crippen molar-refractivity contribution in [2.45, 2.75) is 277 Å². The SMILES string of the molecule is CC(C)CNC(=O)Cc1ncccc1O.CC(C)OCCNC(=O)C1CCCN1.CC(C)OCCNC(=O)C1CCCN1C.CC(C)OCCNC(=O)CCN(C)C.CC(C)OCCNC(=O)CN1CCCC1.CC(C)OCCNC(=O)CN1CCOCC1.CC(C)OCCNC(=O)[C@H](C)N.CCN(CC)CC(=O)NCCOC(C)C.CN[C@@H](C)C(=O)NCCOC(C)C. The molecule has 5 rings (SSSR count). The third-order valence-corrected chi connectivity index (χ3v) is 18.3. The molecule has 1 aromatic heterocycles. The second-order valence-corrected chi connectivity index (χ2v) is 34.2. The molecule has 758 valence electrons. The first-order valence-corrected chi connectivity index (χ1v) is 47.3. The number of likely N-dealkylation sites (N-methyl/N-ethyl adjacent to an activating group) is 3. The Hall–Kier alpha value is -6.50. The number of rotatable bonds is 52. The molecule has 0 radical (unpaired) electrons. The second-order valence-electron chi connectivity index (χ2n) is 34.2. The lowest BCUT2D eigenvalue weighted by molar-refractivity contribution is -0.125. The molecule has 0 aliphatic carbocycles. The van der Waals surface area contributed by atoms with Gasteiger partial charge in [0.1, 0.15) is 5.75 Å². The van der Waals surface area contributed by atoms with Crippen LogP contribution in [0.4, 0.5) is 0 Å². The van der Waals surface area contributed by atoms with Gasteiger partial charge in [0.25, 0.3) is 0 Å². The van der Waals surface area contributed by atoms with Gasteiger partial charge in [-0.15, -0.1) is 0 Å². The second kappa shape index (κ2) is 85.7. The fraction of sp³-hybridized carbons (Fsp3) is 0.848. The highest BCUT2D eigenvalue weighted by Gasteiger charge is 2.28. The fourth-order valence-corrected chi connectivity index (χ4v) is 11.1. The molecule has 0 bridgehead atoms. The van der Waals surface area contributed by atoms with E-state index in [1.54, 1.807) is 26.2 Å². The van der Waals surface area contributed by atoms with E-state index >= 15 is 0 Å². The number of morpholine rings is 1. The monoisotopic (exact) mass is 1850 g/mol. The summed E-state index contributed by atoms with van der Waals surface area (Å²) in [5.41, 5.74) is 5.74. The third-order valence-electron chi connectivity index (χ3n) is 18.3. The number of aromatic nitrogens is 1. The summed E-state index contributed by atoms with van der Waals surface area (Å²) in [7, 11) is 7.67. The van der Waals surface area contributed by atoms with E-state index in [-0.39, 0.29) is 132 Å². The number of aromatic hydroxyl groups is 1. The minimum absolute atomic E-state index is 0.00913. The number of nitrogens with one attached hydrogen (secondary N) is 11. The van der Waals surface area contributed by atoms with Crippen LogP contribution >= 0.6 is 0 Å². The van der Waals surface area contributed by atoms with Gasteiger partial charge in [-0.25, -0.2) is 0 Å². The van der Waals surface area contributed by atoms with Gasteiger partial charge in [-0.2, -0.15) is 0 Å². The number of hydrogen-bond donors (Lipinski definition) is 13. The van der Waals surface area contributed by atoms with Gasteiger partial charge in [0, 0.05) is 91.2 Å². The van der Waals surface area contributed by atoms with Gasteiger partial charge in [-0.05, 0) is 249 Å². The van der Waals surface area contributed by atoms with Crippen molar-refractivity contribution in [3.05, 3.63) is 24.0 Å². The molecule has 9 amide bonds. The average molecular weight is 1850 g/mol. The number of amides is 9. The average Bonchev–Trinajstić information content (AvgIpc) is 1.79. The summed E-state index contributed by atoms with van der Waals surface area (Å²) in [4.78, 5) is 117. The summed E-state index contributed by atoms with van der Waals surface area (Å²) in [6.07, 6.45) is 10.6. The van der Waals surface area contributed by atoms with Crippen LogP contribution in [0.1, 0.15) is 203 Å². The maximum Gasteiger partial charge on any atom is 0.237 e. The van der Waals surface area contributed by atoms with Gasteiger partial charge in [0.15, 0.2) is 0 Å². The molecule has 4 saturated heterocycles. The number of nitrogens with two attached hydrogens (primary N) is 1. The number of ether oxygens (including phenoxy) is 9. The molecule has 4 fully saturated rings. The van der Waals surface area contributed by atoms with E-state index in [1.807, 2.05) is 158 Å². The molecule has 4 aliphatic heterocycles. The molecule has 0 aromatic carbocycles. The van der Waals surface area contributed by atoms with E-state index in [1.165, 1.54) is 18.9 Å². The van der Waals surface area contributed by atoms with Crippen LogP contribution in [0, 0.1) is 5.92 Å². The van der Waals surface area contributed by atoms with Gasteiger partial charge < -0.3 is 117 Å². The van der Waals surface area contributed by atoms with Crippen LogP contribution in [0.2, 0.25) is 0 Å². The highest BCUT2D eigenvalue weighted by Crippen LogP contribution is 2.15. The maximum atomic E-state index is 11.7. The number of likely N-dealkylation sites (tertiary alicyclic amines) is 2. The molecule has 5 heterocycles. The Kier molecular flexibility index (Phi) is 85.5. The van der Waals surface area contributed by atoms with E-state index in [9.17, 15) is 48.3 Å². The zero-order chi connectivity index (χ0) is 98.3. The first kappa shape index (κ1) is 129. The Balaban J connectivity index is -0.000000682. The summed E-state index contributed by atoms with van der Waals surface area (Å²) in [6.45, 7) is 64.7. The lowest BCUT2D eigenvalue weighted by atomic mass is 10.2. The van der Waals surface area contributed by atoms with Crippen molar-refractivity contribution in [1.82, 2.24) is 88.0 Å². The highest BCUT2D eigenvalue weighted by molar-refractivity contribution is 5.83. The molecular weight excluding hydrogens is 1660 g/mol. The van der Waals surface area contributed by atoms with E-state index in [2.05, 4.69) is 96.9 Å². The highest BCUT2D eigenvalue weighted by atomic mass is 16.5. The van der Waals surface area contributed by atoms with Gasteiger partial charge in [0.05, 0.1) is 171 Å². The van der Waals surface area contributed by atoms with Crippen LogP contribution in [0.25, 0.3) is 0 Å². The van der Waals surface area contributed by atoms with Gasteiger partial charge in [-0.3, -0.25) is 67.7 Å². The van der Waals surface area contributed by atoms with Crippen molar-refractivity contribution in [2.75, 3.05) is 232 Å². The summed E-state index contributed by atoms with van der Waals surface area (Å²) in [5.74, 6) is 0.839. The molecule has 37 heteroatoms. The zero-order valence-electron chi connectivity index (χ0n) is 84.9. The van der Waals surface area contributed by atoms with Crippen LogP contribution in [0.15, 0.2) is 18.3 Å². The lowest BCUT2D eigenvalue weighted by Crippen LogP contribution is -2.43. The first-order valence-electron chi connectivity index (χ1n) is 47.3. The smallest absolute Gasteiger partial charge is 0.237 e. The van der Waals surface area contributed by atoms with Gasteiger partial charge in [0.2, 0.25) is 53.2 Å².